The van der Waals surface area contributed by atoms with E-state index in [4.69, 9.17) is 16.3 Å². The molecular weight excluding hydrogens is 343 g/mol. The van der Waals surface area contributed by atoms with Gasteiger partial charge < -0.3 is 10.1 Å². The lowest BCUT2D eigenvalue weighted by molar-refractivity contribution is -0.137. The monoisotopic (exact) mass is 357 g/mol. The van der Waals surface area contributed by atoms with Crippen LogP contribution in [0.2, 0.25) is 5.02 Å². The van der Waals surface area contributed by atoms with Crippen LogP contribution in [0.5, 0.6) is 5.75 Å². The number of hydrogen-bond acceptors (Lipinski definition) is 2. The van der Waals surface area contributed by atoms with E-state index in [1.807, 2.05) is 13.0 Å². The Morgan fingerprint density at radius 3 is 2.54 bits per heavy atom. The van der Waals surface area contributed by atoms with E-state index < -0.39 is 17.6 Å². The van der Waals surface area contributed by atoms with Gasteiger partial charge >= 0.3 is 6.18 Å². The standard InChI is InChI=1S/C17H15ClF3NO2/c1-10-6-11(2)16(14(18)7-10)24-9-15(23)22-13-5-3-4-12(8-13)17(19,20)21/h3-8H,9H2,1-2H3,(H,22,23). The third kappa shape index (κ3) is 4.64. The van der Waals surface area contributed by atoms with Gasteiger partial charge in [-0.1, -0.05) is 23.7 Å². The highest BCUT2D eigenvalue weighted by Crippen LogP contribution is 2.31. The molecule has 7 heteroatoms. The number of hydrogen-bond donors (Lipinski definition) is 1. The molecule has 0 fully saturated rings. The topological polar surface area (TPSA) is 38.3 Å². The van der Waals surface area contributed by atoms with Gasteiger partial charge in [-0.2, -0.15) is 13.2 Å². The number of carbonyl (C=O) groups is 1. The van der Waals surface area contributed by atoms with Crippen molar-refractivity contribution >= 4 is 23.2 Å². The number of ether oxygens (including phenoxy) is 1. The third-order valence-electron chi connectivity index (χ3n) is 3.19. The minimum atomic E-state index is -4.47. The minimum Gasteiger partial charge on any atom is -0.482 e. The van der Waals surface area contributed by atoms with Crippen molar-refractivity contribution in [3.8, 4) is 5.75 Å². The molecule has 1 N–H and O–H groups in total. The first kappa shape index (κ1) is 18.1. The van der Waals surface area contributed by atoms with Crippen molar-refractivity contribution in [1.29, 1.82) is 0 Å². The average molecular weight is 358 g/mol. The van der Waals surface area contributed by atoms with E-state index in [1.54, 1.807) is 13.0 Å². The Balaban J connectivity index is 2.02. The fraction of sp³-hybridized carbons (Fsp3) is 0.235. The van der Waals surface area contributed by atoms with Gasteiger partial charge in [0.25, 0.3) is 5.91 Å². The second-order valence-corrected chi connectivity index (χ2v) is 5.72. The molecule has 0 saturated carbocycles. The largest absolute Gasteiger partial charge is 0.482 e. The number of benzene rings is 2. The highest BCUT2D eigenvalue weighted by molar-refractivity contribution is 6.32. The highest BCUT2D eigenvalue weighted by Gasteiger charge is 2.30. The summed E-state index contributed by atoms with van der Waals surface area (Å²) in [6.45, 7) is 3.31. The first-order valence-electron chi connectivity index (χ1n) is 7.03. The molecule has 2 aromatic rings. The van der Waals surface area contributed by atoms with Crippen LogP contribution >= 0.6 is 11.6 Å². The lowest BCUT2D eigenvalue weighted by atomic mass is 10.1. The zero-order valence-corrected chi connectivity index (χ0v) is 13.8. The molecule has 3 nitrogen and oxygen atoms in total. The van der Waals surface area contributed by atoms with Gasteiger partial charge in [-0.25, -0.2) is 0 Å². The van der Waals surface area contributed by atoms with Gasteiger partial charge in [0.1, 0.15) is 5.75 Å². The van der Waals surface area contributed by atoms with Crippen molar-refractivity contribution in [2.75, 3.05) is 11.9 Å². The van der Waals surface area contributed by atoms with Crippen molar-refractivity contribution in [3.05, 3.63) is 58.1 Å². The Bertz CT molecular complexity index is 737. The van der Waals surface area contributed by atoms with E-state index in [9.17, 15) is 18.0 Å². The molecule has 0 bridgehead atoms. The smallest absolute Gasteiger partial charge is 0.416 e. The molecule has 2 rings (SSSR count). The summed E-state index contributed by atoms with van der Waals surface area (Å²) in [5.41, 5.74) is 0.939. The number of nitrogens with one attached hydrogen (secondary N) is 1. The molecule has 0 radical (unpaired) electrons. The summed E-state index contributed by atoms with van der Waals surface area (Å²) in [5.74, 6) is -0.202. The molecule has 128 valence electrons. The lowest BCUT2D eigenvalue weighted by Gasteiger charge is -2.13. The highest BCUT2D eigenvalue weighted by atomic mass is 35.5. The molecule has 0 aliphatic carbocycles. The summed E-state index contributed by atoms with van der Waals surface area (Å²) in [7, 11) is 0. The molecule has 0 unspecified atom stereocenters. The Kier molecular flexibility index (Phi) is 5.39. The number of alkyl halides is 3. The van der Waals surface area contributed by atoms with Gasteiger partial charge in [0.2, 0.25) is 0 Å². The van der Waals surface area contributed by atoms with Gasteiger partial charge in [-0.05, 0) is 49.2 Å². The maximum Gasteiger partial charge on any atom is 0.416 e. The van der Waals surface area contributed by atoms with Gasteiger partial charge in [0.05, 0.1) is 10.6 Å². The van der Waals surface area contributed by atoms with Crippen molar-refractivity contribution in [1.82, 2.24) is 0 Å². The first-order valence-corrected chi connectivity index (χ1v) is 7.41. The van der Waals surface area contributed by atoms with E-state index in [0.29, 0.717) is 10.8 Å². The molecule has 0 aromatic heterocycles. The molecule has 0 aliphatic heterocycles. The normalized spacial score (nSPS) is 11.2. The second-order valence-electron chi connectivity index (χ2n) is 5.31. The SMILES string of the molecule is Cc1cc(C)c(OCC(=O)Nc2cccc(C(F)(F)F)c2)c(Cl)c1. The molecule has 0 spiro atoms. The Labute approximate surface area is 142 Å². The molecule has 0 saturated heterocycles. The van der Waals surface area contributed by atoms with Gasteiger partial charge in [0.15, 0.2) is 6.61 Å². The fourth-order valence-corrected chi connectivity index (χ4v) is 2.57. The Morgan fingerprint density at radius 1 is 1.21 bits per heavy atom. The molecule has 0 heterocycles. The first-order chi connectivity index (χ1) is 11.2. The minimum absolute atomic E-state index is 0.0464. The fourth-order valence-electron chi connectivity index (χ4n) is 2.19. The van der Waals surface area contributed by atoms with Crippen LogP contribution in [-0.2, 0) is 11.0 Å². The number of halogens is 4. The average Bonchev–Trinajstić information content (AvgIpc) is 2.45. The van der Waals surface area contributed by atoms with Crippen LogP contribution in [0.3, 0.4) is 0 Å². The summed E-state index contributed by atoms with van der Waals surface area (Å²) in [6, 6.07) is 7.95. The summed E-state index contributed by atoms with van der Waals surface area (Å²) in [5, 5.41) is 2.74. The van der Waals surface area contributed by atoms with Crippen LogP contribution in [0.1, 0.15) is 16.7 Å². The van der Waals surface area contributed by atoms with Crippen LogP contribution in [0.4, 0.5) is 18.9 Å². The summed E-state index contributed by atoms with van der Waals surface area (Å²) in [6.07, 6.45) is -4.47. The summed E-state index contributed by atoms with van der Waals surface area (Å²) >= 11 is 6.07. The number of rotatable bonds is 4. The number of amides is 1. The quantitative estimate of drug-likeness (QED) is 0.836. The Hall–Kier alpha value is -2.21. The number of aryl methyl sites for hydroxylation is 2. The van der Waals surface area contributed by atoms with Crippen LogP contribution < -0.4 is 10.1 Å². The molecule has 1 amide bonds. The van der Waals surface area contributed by atoms with Crippen LogP contribution in [0, 0.1) is 13.8 Å². The van der Waals surface area contributed by atoms with Crippen molar-refractivity contribution in [2.24, 2.45) is 0 Å². The molecular formula is C17H15ClF3NO2. The van der Waals surface area contributed by atoms with Crippen LogP contribution in [-0.4, -0.2) is 12.5 Å². The number of anilines is 1. The predicted octanol–water partition coefficient (Wildman–Crippen LogP) is 4.99. The lowest BCUT2D eigenvalue weighted by Crippen LogP contribution is -2.21. The zero-order chi connectivity index (χ0) is 17.9. The van der Waals surface area contributed by atoms with Crippen molar-refractivity contribution in [2.45, 2.75) is 20.0 Å². The zero-order valence-electron chi connectivity index (χ0n) is 13.0. The van der Waals surface area contributed by atoms with Crippen LogP contribution in [0.25, 0.3) is 0 Å². The predicted molar refractivity (Wildman–Crippen MR) is 86.5 cm³/mol. The van der Waals surface area contributed by atoms with E-state index >= 15 is 0 Å². The van der Waals surface area contributed by atoms with Crippen molar-refractivity contribution < 1.29 is 22.7 Å². The maximum absolute atomic E-state index is 12.6. The van der Waals surface area contributed by atoms with E-state index in [-0.39, 0.29) is 12.3 Å². The number of carbonyl (C=O) groups excluding carboxylic acids is 1. The van der Waals surface area contributed by atoms with Gasteiger partial charge in [0, 0.05) is 5.69 Å². The van der Waals surface area contributed by atoms with E-state index in [0.717, 1.165) is 23.3 Å². The Morgan fingerprint density at radius 2 is 1.92 bits per heavy atom. The van der Waals surface area contributed by atoms with Gasteiger partial charge in [-0.15, -0.1) is 0 Å². The molecule has 0 atom stereocenters. The van der Waals surface area contributed by atoms with Crippen LogP contribution in [0.15, 0.2) is 36.4 Å². The van der Waals surface area contributed by atoms with Crippen molar-refractivity contribution in [3.63, 3.8) is 0 Å². The van der Waals surface area contributed by atoms with Gasteiger partial charge in [-0.3, -0.25) is 4.79 Å². The maximum atomic E-state index is 12.6. The van der Waals surface area contributed by atoms with E-state index in [1.165, 1.54) is 12.1 Å². The van der Waals surface area contributed by atoms with E-state index in [2.05, 4.69) is 5.32 Å². The molecule has 2 aromatic carbocycles. The summed E-state index contributed by atoms with van der Waals surface area (Å²) in [4.78, 5) is 11.9. The summed E-state index contributed by atoms with van der Waals surface area (Å²) < 4.78 is 43.3. The second kappa shape index (κ2) is 7.13. The molecule has 0 aliphatic rings. The molecule has 24 heavy (non-hydrogen) atoms. The third-order valence-corrected chi connectivity index (χ3v) is 3.48.